The molecule has 1 N–H and O–H groups in total. The summed E-state index contributed by atoms with van der Waals surface area (Å²) in [6.45, 7) is 1.88. The molecule has 2 aromatic rings. The van der Waals surface area contributed by atoms with Crippen LogP contribution in [0.1, 0.15) is 22.3 Å². The number of hydrogen-bond acceptors (Lipinski definition) is 3. The van der Waals surface area contributed by atoms with E-state index in [1.807, 2.05) is 12.1 Å². The first kappa shape index (κ1) is 14.1. The topological polar surface area (TPSA) is 38.3 Å². The lowest BCUT2D eigenvalue weighted by molar-refractivity contribution is 0.103. The van der Waals surface area contributed by atoms with Crippen LogP contribution in [-0.4, -0.2) is 25.0 Å². The Morgan fingerprint density at radius 2 is 1.67 bits per heavy atom. The predicted octanol–water partition coefficient (Wildman–Crippen LogP) is 3.31. The van der Waals surface area contributed by atoms with Crippen molar-refractivity contribution in [1.29, 1.82) is 0 Å². The summed E-state index contributed by atoms with van der Waals surface area (Å²) in [6, 6.07) is 14.2. The highest BCUT2D eigenvalue weighted by molar-refractivity contribution is 6.30. The van der Waals surface area contributed by atoms with Crippen molar-refractivity contribution < 1.29 is 9.53 Å². The molecule has 1 saturated heterocycles. The maximum Gasteiger partial charge on any atom is 0.193 e. The molecule has 0 aromatic heterocycles. The van der Waals surface area contributed by atoms with Crippen molar-refractivity contribution in [3.05, 3.63) is 64.7 Å². The quantitative estimate of drug-likeness (QED) is 0.881. The van der Waals surface area contributed by atoms with Gasteiger partial charge in [0.05, 0.1) is 0 Å². The second-order valence-electron chi connectivity index (χ2n) is 5.09. The van der Waals surface area contributed by atoms with Gasteiger partial charge in [0.2, 0.25) is 0 Å². The van der Waals surface area contributed by atoms with E-state index in [-0.39, 0.29) is 11.9 Å². The van der Waals surface area contributed by atoms with Crippen molar-refractivity contribution >= 4 is 17.4 Å². The molecule has 0 unspecified atom stereocenters. The number of hydrogen-bond donors (Lipinski definition) is 1. The Kier molecular flexibility index (Phi) is 4.23. The van der Waals surface area contributed by atoms with Gasteiger partial charge in [0.1, 0.15) is 11.9 Å². The number of carbonyl (C=O) groups excluding carboxylic acids is 1. The summed E-state index contributed by atoms with van der Waals surface area (Å²) in [4.78, 5) is 12.3. The van der Waals surface area contributed by atoms with Gasteiger partial charge in [0.15, 0.2) is 5.78 Å². The highest BCUT2D eigenvalue weighted by atomic mass is 35.5. The second kappa shape index (κ2) is 6.29. The largest absolute Gasteiger partial charge is 0.489 e. The van der Waals surface area contributed by atoms with E-state index in [1.165, 1.54) is 0 Å². The molecule has 0 saturated carbocycles. The summed E-state index contributed by atoms with van der Waals surface area (Å²) in [5.74, 6) is 0.789. The molecule has 1 aliphatic rings. The Bertz CT molecular complexity index is 616. The highest BCUT2D eigenvalue weighted by Crippen LogP contribution is 2.19. The number of carbonyl (C=O) groups is 1. The smallest absolute Gasteiger partial charge is 0.193 e. The molecule has 0 aliphatic carbocycles. The highest BCUT2D eigenvalue weighted by Gasteiger charge is 2.16. The number of ether oxygens (including phenoxy) is 1. The Morgan fingerprint density at radius 1 is 1.05 bits per heavy atom. The Labute approximate surface area is 128 Å². The number of benzene rings is 2. The number of halogens is 1. The molecule has 1 atom stereocenters. The standard InChI is InChI=1S/C17H16ClNO2/c18-14-5-1-12(2-6-14)17(20)13-3-7-15(8-4-13)21-16-9-10-19-11-16/h1-8,16,19H,9-11H2/t16-/m1/s1. The summed E-state index contributed by atoms with van der Waals surface area (Å²) in [6.07, 6.45) is 1.24. The second-order valence-corrected chi connectivity index (χ2v) is 5.53. The number of rotatable bonds is 4. The molecule has 21 heavy (non-hydrogen) atoms. The van der Waals surface area contributed by atoms with Gasteiger partial charge in [-0.05, 0) is 61.5 Å². The van der Waals surface area contributed by atoms with Gasteiger partial charge >= 0.3 is 0 Å². The molecular weight excluding hydrogens is 286 g/mol. The average molecular weight is 302 g/mol. The number of nitrogens with one attached hydrogen (secondary N) is 1. The molecule has 0 spiro atoms. The Balaban J connectivity index is 1.71. The zero-order valence-electron chi connectivity index (χ0n) is 11.5. The van der Waals surface area contributed by atoms with Gasteiger partial charge < -0.3 is 10.1 Å². The Hall–Kier alpha value is -1.84. The van der Waals surface area contributed by atoms with Crippen LogP contribution in [0.2, 0.25) is 5.02 Å². The van der Waals surface area contributed by atoms with Crippen molar-refractivity contribution in [2.24, 2.45) is 0 Å². The van der Waals surface area contributed by atoms with Crippen LogP contribution in [0.5, 0.6) is 5.75 Å². The van der Waals surface area contributed by atoms with Gasteiger partial charge in [0.25, 0.3) is 0 Å². The van der Waals surface area contributed by atoms with Gasteiger partial charge in [-0.1, -0.05) is 11.6 Å². The van der Waals surface area contributed by atoms with Gasteiger partial charge in [-0.25, -0.2) is 0 Å². The average Bonchev–Trinajstić information content (AvgIpc) is 3.01. The molecule has 1 aliphatic heterocycles. The van der Waals surface area contributed by atoms with Gasteiger partial charge in [-0.3, -0.25) is 4.79 Å². The Morgan fingerprint density at radius 3 is 2.24 bits per heavy atom. The molecule has 4 heteroatoms. The maximum absolute atomic E-state index is 12.3. The zero-order chi connectivity index (χ0) is 14.7. The van der Waals surface area contributed by atoms with Crippen molar-refractivity contribution in [2.45, 2.75) is 12.5 Å². The third-order valence-corrected chi connectivity index (χ3v) is 3.79. The molecule has 108 valence electrons. The fourth-order valence-electron chi connectivity index (χ4n) is 2.37. The summed E-state index contributed by atoms with van der Waals surface area (Å²) in [5, 5.41) is 3.88. The number of ketones is 1. The minimum atomic E-state index is -0.0132. The van der Waals surface area contributed by atoms with Crippen LogP contribution in [0.25, 0.3) is 0 Å². The van der Waals surface area contributed by atoms with Crippen LogP contribution >= 0.6 is 11.6 Å². The van der Waals surface area contributed by atoms with Crippen molar-refractivity contribution in [2.75, 3.05) is 13.1 Å². The lowest BCUT2D eigenvalue weighted by Gasteiger charge is -2.12. The van der Waals surface area contributed by atoms with Gasteiger partial charge in [-0.2, -0.15) is 0 Å². The fraction of sp³-hybridized carbons (Fsp3) is 0.235. The van der Waals surface area contributed by atoms with E-state index in [0.29, 0.717) is 16.1 Å². The summed E-state index contributed by atoms with van der Waals surface area (Å²) in [7, 11) is 0. The van der Waals surface area contributed by atoms with E-state index in [1.54, 1.807) is 36.4 Å². The van der Waals surface area contributed by atoms with Crippen LogP contribution in [0.3, 0.4) is 0 Å². The van der Waals surface area contributed by atoms with E-state index in [2.05, 4.69) is 5.32 Å². The molecule has 3 rings (SSSR count). The molecule has 3 nitrogen and oxygen atoms in total. The maximum atomic E-state index is 12.3. The van der Waals surface area contributed by atoms with E-state index in [4.69, 9.17) is 16.3 Å². The molecule has 1 heterocycles. The molecule has 0 radical (unpaired) electrons. The van der Waals surface area contributed by atoms with Crippen LogP contribution < -0.4 is 10.1 Å². The lowest BCUT2D eigenvalue weighted by atomic mass is 10.0. The van der Waals surface area contributed by atoms with E-state index < -0.39 is 0 Å². The van der Waals surface area contributed by atoms with E-state index in [0.717, 1.165) is 25.3 Å². The van der Waals surface area contributed by atoms with Crippen LogP contribution in [0, 0.1) is 0 Å². The first-order valence-corrected chi connectivity index (χ1v) is 7.38. The predicted molar refractivity (Wildman–Crippen MR) is 83.2 cm³/mol. The normalized spacial score (nSPS) is 17.7. The minimum absolute atomic E-state index is 0.0132. The van der Waals surface area contributed by atoms with Gasteiger partial charge in [-0.15, -0.1) is 0 Å². The van der Waals surface area contributed by atoms with Crippen LogP contribution in [0.15, 0.2) is 48.5 Å². The van der Waals surface area contributed by atoms with Crippen molar-refractivity contribution in [1.82, 2.24) is 5.32 Å². The van der Waals surface area contributed by atoms with E-state index in [9.17, 15) is 4.79 Å². The summed E-state index contributed by atoms with van der Waals surface area (Å²) in [5.41, 5.74) is 1.28. The molecule has 1 fully saturated rings. The summed E-state index contributed by atoms with van der Waals surface area (Å²) >= 11 is 5.83. The fourth-order valence-corrected chi connectivity index (χ4v) is 2.50. The van der Waals surface area contributed by atoms with Crippen LogP contribution in [-0.2, 0) is 0 Å². The molecule has 0 amide bonds. The van der Waals surface area contributed by atoms with Crippen LogP contribution in [0.4, 0.5) is 0 Å². The SMILES string of the molecule is O=C(c1ccc(Cl)cc1)c1ccc(O[C@@H]2CCNC2)cc1. The molecular formula is C17H16ClNO2. The lowest BCUT2D eigenvalue weighted by Crippen LogP contribution is -2.19. The minimum Gasteiger partial charge on any atom is -0.489 e. The van der Waals surface area contributed by atoms with Crippen molar-refractivity contribution in [3.63, 3.8) is 0 Å². The molecule has 2 aromatic carbocycles. The molecule has 0 bridgehead atoms. The third-order valence-electron chi connectivity index (χ3n) is 3.54. The summed E-state index contributed by atoms with van der Waals surface area (Å²) < 4.78 is 5.84. The zero-order valence-corrected chi connectivity index (χ0v) is 12.3. The van der Waals surface area contributed by atoms with Gasteiger partial charge in [0, 0.05) is 22.7 Å². The van der Waals surface area contributed by atoms with E-state index >= 15 is 0 Å². The first-order chi connectivity index (χ1) is 10.2. The first-order valence-electron chi connectivity index (χ1n) is 7.00. The third kappa shape index (κ3) is 3.43. The van der Waals surface area contributed by atoms with Crippen molar-refractivity contribution in [3.8, 4) is 5.75 Å². The monoisotopic (exact) mass is 301 g/mol.